The normalized spacial score (nSPS) is 17.9. The quantitative estimate of drug-likeness (QED) is 0.916. The highest BCUT2D eigenvalue weighted by Crippen LogP contribution is 2.43. The van der Waals surface area contributed by atoms with Gasteiger partial charge in [-0.05, 0) is 49.6 Å². The van der Waals surface area contributed by atoms with Crippen LogP contribution in [-0.4, -0.2) is 30.2 Å². The van der Waals surface area contributed by atoms with Gasteiger partial charge in [0.05, 0.1) is 0 Å². The zero-order valence-electron chi connectivity index (χ0n) is 15.5. The Morgan fingerprint density at radius 1 is 1.12 bits per heavy atom. The number of amides is 1. The van der Waals surface area contributed by atoms with Crippen molar-refractivity contribution in [1.29, 1.82) is 0 Å². The molecular formula is C21H26N2O3. The van der Waals surface area contributed by atoms with Gasteiger partial charge in [0.25, 0.3) is 5.91 Å². The molecule has 1 aliphatic carbocycles. The van der Waals surface area contributed by atoms with Crippen molar-refractivity contribution in [3.8, 4) is 11.5 Å². The van der Waals surface area contributed by atoms with Crippen molar-refractivity contribution in [3.05, 3.63) is 47.3 Å². The van der Waals surface area contributed by atoms with Crippen molar-refractivity contribution in [2.45, 2.75) is 38.0 Å². The van der Waals surface area contributed by atoms with Gasteiger partial charge in [-0.3, -0.25) is 4.79 Å². The van der Waals surface area contributed by atoms with E-state index in [4.69, 9.17) is 9.47 Å². The van der Waals surface area contributed by atoms with Crippen LogP contribution in [-0.2, 0) is 12.5 Å². The van der Waals surface area contributed by atoms with Crippen LogP contribution >= 0.6 is 0 Å². The number of benzene rings is 1. The Morgan fingerprint density at radius 2 is 1.85 bits per heavy atom. The predicted octanol–water partition coefficient (Wildman–Crippen LogP) is 3.35. The highest BCUT2D eigenvalue weighted by molar-refractivity contribution is 5.93. The Balaban J connectivity index is 1.55. The third-order valence-corrected chi connectivity index (χ3v) is 5.91. The second-order valence-corrected chi connectivity index (χ2v) is 7.45. The maximum Gasteiger partial charge on any atom is 0.267 e. The number of rotatable bonds is 4. The molecule has 1 aliphatic heterocycles. The van der Waals surface area contributed by atoms with E-state index in [1.807, 2.05) is 36.7 Å². The van der Waals surface area contributed by atoms with Crippen LogP contribution in [0.25, 0.3) is 0 Å². The largest absolute Gasteiger partial charge is 0.486 e. The molecule has 0 spiro atoms. The first-order valence-corrected chi connectivity index (χ1v) is 9.40. The Kier molecular flexibility index (Phi) is 4.39. The molecule has 5 nitrogen and oxygen atoms in total. The average molecular weight is 354 g/mol. The number of nitrogens with zero attached hydrogens (tertiary/aromatic N) is 1. The molecule has 2 aliphatic rings. The van der Waals surface area contributed by atoms with Crippen molar-refractivity contribution in [3.63, 3.8) is 0 Å². The van der Waals surface area contributed by atoms with E-state index in [9.17, 15) is 4.79 Å². The van der Waals surface area contributed by atoms with Crippen LogP contribution in [0.1, 0.15) is 47.4 Å². The number of carbonyl (C=O) groups excluding carboxylic acids is 1. The molecule has 1 amide bonds. The Morgan fingerprint density at radius 3 is 2.54 bits per heavy atom. The lowest BCUT2D eigenvalue weighted by Crippen LogP contribution is -2.39. The van der Waals surface area contributed by atoms with E-state index in [1.54, 1.807) is 0 Å². The molecule has 5 heteroatoms. The van der Waals surface area contributed by atoms with Gasteiger partial charge in [0.1, 0.15) is 18.9 Å². The van der Waals surface area contributed by atoms with Crippen LogP contribution in [0.4, 0.5) is 0 Å². The second kappa shape index (κ2) is 6.71. The fourth-order valence-corrected chi connectivity index (χ4v) is 4.17. The van der Waals surface area contributed by atoms with Gasteiger partial charge >= 0.3 is 0 Å². The SMILES string of the molecule is Cc1ccc(C(=O)NCC2(c3ccc4c(c3)OCCO4)CCCC2)n1C. The van der Waals surface area contributed by atoms with Crippen LogP contribution in [0.2, 0.25) is 0 Å². The number of hydrogen-bond acceptors (Lipinski definition) is 3. The van der Waals surface area contributed by atoms with E-state index in [0.29, 0.717) is 25.5 Å². The summed E-state index contributed by atoms with van der Waals surface area (Å²) >= 11 is 0. The zero-order chi connectivity index (χ0) is 18.1. The fraction of sp³-hybridized carbons (Fsp3) is 0.476. The molecule has 2 heterocycles. The highest BCUT2D eigenvalue weighted by Gasteiger charge is 2.37. The first-order valence-electron chi connectivity index (χ1n) is 9.40. The summed E-state index contributed by atoms with van der Waals surface area (Å²) in [7, 11) is 1.93. The van der Waals surface area contributed by atoms with Crippen LogP contribution in [0.15, 0.2) is 30.3 Å². The molecule has 0 atom stereocenters. The Labute approximate surface area is 154 Å². The van der Waals surface area contributed by atoms with Crippen molar-refractivity contribution < 1.29 is 14.3 Å². The first-order chi connectivity index (χ1) is 12.6. The van der Waals surface area contributed by atoms with Crippen LogP contribution in [0.5, 0.6) is 11.5 Å². The lowest BCUT2D eigenvalue weighted by molar-refractivity contribution is 0.0934. The molecule has 1 N–H and O–H groups in total. The van der Waals surface area contributed by atoms with E-state index in [1.165, 1.54) is 18.4 Å². The lowest BCUT2D eigenvalue weighted by atomic mass is 9.78. The number of aromatic nitrogens is 1. The van der Waals surface area contributed by atoms with Crippen LogP contribution in [0.3, 0.4) is 0 Å². The third kappa shape index (κ3) is 2.96. The molecule has 1 aromatic heterocycles. The lowest BCUT2D eigenvalue weighted by Gasteiger charge is -2.31. The number of aryl methyl sites for hydroxylation is 1. The number of fused-ring (bicyclic) bond motifs is 1. The monoisotopic (exact) mass is 354 g/mol. The van der Waals surface area contributed by atoms with E-state index in [2.05, 4.69) is 17.4 Å². The molecule has 0 saturated heterocycles. The minimum Gasteiger partial charge on any atom is -0.486 e. The molecule has 1 fully saturated rings. The molecule has 1 aromatic carbocycles. The number of carbonyl (C=O) groups is 1. The van der Waals surface area contributed by atoms with Gasteiger partial charge < -0.3 is 19.4 Å². The molecular weight excluding hydrogens is 328 g/mol. The van der Waals surface area contributed by atoms with E-state index < -0.39 is 0 Å². The highest BCUT2D eigenvalue weighted by atomic mass is 16.6. The van der Waals surface area contributed by atoms with Crippen molar-refractivity contribution in [1.82, 2.24) is 9.88 Å². The molecule has 26 heavy (non-hydrogen) atoms. The summed E-state index contributed by atoms with van der Waals surface area (Å²) in [4.78, 5) is 12.7. The third-order valence-electron chi connectivity index (χ3n) is 5.91. The summed E-state index contributed by atoms with van der Waals surface area (Å²) in [5, 5.41) is 3.18. The smallest absolute Gasteiger partial charge is 0.267 e. The summed E-state index contributed by atoms with van der Waals surface area (Å²) in [5.74, 6) is 1.63. The summed E-state index contributed by atoms with van der Waals surface area (Å²) in [6.07, 6.45) is 4.54. The van der Waals surface area contributed by atoms with Gasteiger partial charge in [0, 0.05) is 24.7 Å². The molecule has 0 unspecified atom stereocenters. The minimum absolute atomic E-state index is 0.00980. The van der Waals surface area contributed by atoms with Gasteiger partial charge in [0.15, 0.2) is 11.5 Å². The summed E-state index contributed by atoms with van der Waals surface area (Å²) in [5.41, 5.74) is 3.00. The maximum absolute atomic E-state index is 12.7. The Bertz CT molecular complexity index is 819. The van der Waals surface area contributed by atoms with Gasteiger partial charge in [-0.25, -0.2) is 0 Å². The topological polar surface area (TPSA) is 52.5 Å². The number of hydrogen-bond donors (Lipinski definition) is 1. The summed E-state index contributed by atoms with van der Waals surface area (Å²) < 4.78 is 13.3. The standard InChI is InChI=1S/C21H26N2O3/c1-15-5-7-17(23(15)2)20(24)22-14-21(9-3-4-10-21)16-6-8-18-19(13-16)26-12-11-25-18/h5-8,13H,3-4,9-12,14H2,1-2H3,(H,22,24). The van der Waals surface area contributed by atoms with Crippen LogP contribution in [0, 0.1) is 6.92 Å². The van der Waals surface area contributed by atoms with Crippen molar-refractivity contribution in [2.75, 3.05) is 19.8 Å². The van der Waals surface area contributed by atoms with Gasteiger partial charge in [0.2, 0.25) is 0 Å². The van der Waals surface area contributed by atoms with E-state index in [-0.39, 0.29) is 11.3 Å². The van der Waals surface area contributed by atoms with Gasteiger partial charge in [-0.2, -0.15) is 0 Å². The number of nitrogens with one attached hydrogen (secondary N) is 1. The minimum atomic E-state index is -0.0221. The van der Waals surface area contributed by atoms with E-state index in [0.717, 1.165) is 30.0 Å². The van der Waals surface area contributed by atoms with Crippen LogP contribution < -0.4 is 14.8 Å². The summed E-state index contributed by atoms with van der Waals surface area (Å²) in [6, 6.07) is 10.1. The van der Waals surface area contributed by atoms with Gasteiger partial charge in [-0.15, -0.1) is 0 Å². The maximum atomic E-state index is 12.7. The molecule has 138 valence electrons. The fourth-order valence-electron chi connectivity index (χ4n) is 4.17. The van der Waals surface area contributed by atoms with E-state index >= 15 is 0 Å². The van der Waals surface area contributed by atoms with Gasteiger partial charge in [-0.1, -0.05) is 18.9 Å². The van der Waals surface area contributed by atoms with Crippen molar-refractivity contribution in [2.24, 2.45) is 7.05 Å². The zero-order valence-corrected chi connectivity index (χ0v) is 15.5. The summed E-state index contributed by atoms with van der Waals surface area (Å²) in [6.45, 7) is 3.84. The molecule has 0 bridgehead atoms. The Hall–Kier alpha value is -2.43. The average Bonchev–Trinajstić information content (AvgIpc) is 3.28. The second-order valence-electron chi connectivity index (χ2n) is 7.45. The number of ether oxygens (including phenoxy) is 2. The molecule has 0 radical (unpaired) electrons. The first kappa shape index (κ1) is 17.0. The molecule has 2 aromatic rings. The van der Waals surface area contributed by atoms with Crippen molar-refractivity contribution >= 4 is 5.91 Å². The predicted molar refractivity (Wildman–Crippen MR) is 100 cm³/mol. The molecule has 4 rings (SSSR count). The molecule has 1 saturated carbocycles.